The quantitative estimate of drug-likeness (QED) is 0.320. The van der Waals surface area contributed by atoms with Crippen LogP contribution in [0.2, 0.25) is 0 Å². The van der Waals surface area contributed by atoms with Gasteiger partial charge in [0.2, 0.25) is 5.91 Å². The topological polar surface area (TPSA) is 63.6 Å². The number of fused-ring (bicyclic) bond motifs is 2. The maximum absolute atomic E-state index is 13.7. The number of carbonyl (C=O) groups is 2. The predicted molar refractivity (Wildman–Crippen MR) is 146 cm³/mol. The SMILES string of the molecule is CC(C)OCCCNC(=O)CN1C(=O)c2ccccc2C1c1c(-c2ccccc2)n(C)c2ccccc12. The standard InChI is InChI=1S/C31H33N3O3/c1-21(2)37-19-11-18-32-27(35)20-34-30(23-14-7-8-15-24(23)31(34)36)28-25-16-9-10-17-26(25)33(3)29(28)22-12-5-4-6-13-22/h4-10,12-17,21,30H,11,18-20H2,1-3H3,(H,32,35). The lowest BCUT2D eigenvalue weighted by Crippen LogP contribution is -2.40. The van der Waals surface area contributed by atoms with Crippen LogP contribution in [0.1, 0.15) is 47.8 Å². The zero-order chi connectivity index (χ0) is 25.9. The van der Waals surface area contributed by atoms with Gasteiger partial charge in [0.05, 0.1) is 17.8 Å². The molecule has 1 unspecified atom stereocenters. The second-order valence-corrected chi connectivity index (χ2v) is 9.75. The summed E-state index contributed by atoms with van der Waals surface area (Å²) in [6.07, 6.45) is 0.889. The molecule has 1 aliphatic heterocycles. The molecule has 1 N–H and O–H groups in total. The smallest absolute Gasteiger partial charge is 0.255 e. The lowest BCUT2D eigenvalue weighted by Gasteiger charge is -2.26. The van der Waals surface area contributed by atoms with Crippen LogP contribution >= 0.6 is 0 Å². The molecule has 190 valence electrons. The summed E-state index contributed by atoms with van der Waals surface area (Å²) in [4.78, 5) is 28.4. The Labute approximate surface area is 217 Å². The molecule has 6 heteroatoms. The van der Waals surface area contributed by atoms with E-state index in [1.807, 2.05) is 68.4 Å². The molecule has 3 aromatic carbocycles. The molecule has 1 aliphatic rings. The van der Waals surface area contributed by atoms with Gasteiger partial charge in [0.1, 0.15) is 6.54 Å². The van der Waals surface area contributed by atoms with Crippen molar-refractivity contribution >= 4 is 22.7 Å². The molecule has 4 aromatic rings. The van der Waals surface area contributed by atoms with E-state index in [9.17, 15) is 9.59 Å². The molecule has 2 amide bonds. The molecular formula is C31H33N3O3. The van der Waals surface area contributed by atoms with Gasteiger partial charge in [-0.05, 0) is 43.5 Å². The van der Waals surface area contributed by atoms with E-state index in [1.54, 1.807) is 4.90 Å². The fraction of sp³-hybridized carbons (Fsp3) is 0.290. The second-order valence-electron chi connectivity index (χ2n) is 9.75. The molecule has 37 heavy (non-hydrogen) atoms. The zero-order valence-corrected chi connectivity index (χ0v) is 21.6. The third kappa shape index (κ3) is 4.77. The number of amides is 2. The third-order valence-electron chi connectivity index (χ3n) is 6.93. The molecule has 1 aromatic heterocycles. The lowest BCUT2D eigenvalue weighted by molar-refractivity contribution is -0.122. The van der Waals surface area contributed by atoms with Gasteiger partial charge in [-0.15, -0.1) is 0 Å². The van der Waals surface area contributed by atoms with E-state index >= 15 is 0 Å². The number of aryl methyl sites for hydroxylation is 1. The van der Waals surface area contributed by atoms with Crippen LogP contribution in [0.4, 0.5) is 0 Å². The lowest BCUT2D eigenvalue weighted by atomic mass is 9.93. The van der Waals surface area contributed by atoms with Crippen LogP contribution < -0.4 is 5.32 Å². The number of nitrogens with zero attached hydrogens (tertiary/aromatic N) is 2. The number of rotatable bonds is 9. The largest absolute Gasteiger partial charge is 0.379 e. The van der Waals surface area contributed by atoms with E-state index in [0.717, 1.165) is 39.7 Å². The minimum absolute atomic E-state index is 0.0132. The van der Waals surface area contributed by atoms with E-state index < -0.39 is 0 Å². The van der Waals surface area contributed by atoms with E-state index in [1.165, 1.54) is 0 Å². The maximum Gasteiger partial charge on any atom is 0.255 e. The van der Waals surface area contributed by atoms with Gasteiger partial charge in [-0.2, -0.15) is 0 Å². The summed E-state index contributed by atoms with van der Waals surface area (Å²) < 4.78 is 7.76. The highest BCUT2D eigenvalue weighted by Crippen LogP contribution is 2.46. The molecule has 1 atom stereocenters. The van der Waals surface area contributed by atoms with Crippen LogP contribution in [-0.2, 0) is 16.6 Å². The number of hydrogen-bond donors (Lipinski definition) is 1. The first-order valence-corrected chi connectivity index (χ1v) is 12.9. The van der Waals surface area contributed by atoms with Gasteiger partial charge in [0.15, 0.2) is 0 Å². The van der Waals surface area contributed by atoms with Gasteiger partial charge < -0.3 is 19.5 Å². The first-order chi connectivity index (χ1) is 18.0. The van der Waals surface area contributed by atoms with Crippen LogP contribution in [0.15, 0.2) is 78.9 Å². The average Bonchev–Trinajstić information content (AvgIpc) is 3.35. The van der Waals surface area contributed by atoms with Crippen molar-refractivity contribution in [1.29, 1.82) is 0 Å². The molecular weight excluding hydrogens is 462 g/mol. The molecule has 0 radical (unpaired) electrons. The Hall–Kier alpha value is -3.90. The first-order valence-electron chi connectivity index (χ1n) is 12.9. The number of hydrogen-bond acceptors (Lipinski definition) is 3. The normalized spacial score (nSPS) is 15.0. The van der Waals surface area contributed by atoms with Gasteiger partial charge in [0.25, 0.3) is 5.91 Å². The number of ether oxygens (including phenoxy) is 1. The highest BCUT2D eigenvalue weighted by molar-refractivity contribution is 6.03. The van der Waals surface area contributed by atoms with Crippen molar-refractivity contribution in [2.45, 2.75) is 32.4 Å². The number of aromatic nitrogens is 1. The Bertz CT molecular complexity index is 1420. The summed E-state index contributed by atoms with van der Waals surface area (Å²) in [7, 11) is 2.06. The van der Waals surface area contributed by atoms with E-state index in [0.29, 0.717) is 18.7 Å². The van der Waals surface area contributed by atoms with Gasteiger partial charge in [-0.25, -0.2) is 0 Å². The van der Waals surface area contributed by atoms with Crippen LogP contribution in [0.25, 0.3) is 22.2 Å². The summed E-state index contributed by atoms with van der Waals surface area (Å²) in [5.41, 5.74) is 5.83. The minimum Gasteiger partial charge on any atom is -0.379 e. The summed E-state index contributed by atoms with van der Waals surface area (Å²) in [6.45, 7) is 5.07. The van der Waals surface area contributed by atoms with Crippen molar-refractivity contribution in [1.82, 2.24) is 14.8 Å². The van der Waals surface area contributed by atoms with Gasteiger partial charge >= 0.3 is 0 Å². The van der Waals surface area contributed by atoms with Crippen molar-refractivity contribution in [3.05, 3.63) is 95.6 Å². The number of benzene rings is 3. The van der Waals surface area contributed by atoms with E-state index in [4.69, 9.17) is 4.74 Å². The summed E-state index contributed by atoms with van der Waals surface area (Å²) in [5.74, 6) is -0.289. The molecule has 0 saturated carbocycles. The Morgan fingerprint density at radius 3 is 2.46 bits per heavy atom. The Balaban J connectivity index is 1.55. The van der Waals surface area contributed by atoms with Crippen molar-refractivity contribution in [2.24, 2.45) is 7.05 Å². The number of nitrogens with one attached hydrogen (secondary N) is 1. The molecule has 2 heterocycles. The monoisotopic (exact) mass is 495 g/mol. The van der Waals surface area contributed by atoms with E-state index in [2.05, 4.69) is 41.2 Å². The number of carbonyl (C=O) groups excluding carboxylic acids is 2. The van der Waals surface area contributed by atoms with Crippen LogP contribution in [0.5, 0.6) is 0 Å². The van der Waals surface area contributed by atoms with E-state index in [-0.39, 0.29) is 30.5 Å². The van der Waals surface area contributed by atoms with Crippen LogP contribution in [-0.4, -0.2) is 47.1 Å². The molecule has 0 saturated heterocycles. The van der Waals surface area contributed by atoms with Crippen molar-refractivity contribution in [3.8, 4) is 11.3 Å². The van der Waals surface area contributed by atoms with Gasteiger partial charge in [0, 0.05) is 42.2 Å². The van der Waals surface area contributed by atoms with Crippen molar-refractivity contribution in [2.75, 3.05) is 19.7 Å². The molecule has 0 spiro atoms. The van der Waals surface area contributed by atoms with Crippen molar-refractivity contribution in [3.63, 3.8) is 0 Å². The summed E-state index contributed by atoms with van der Waals surface area (Å²) in [5, 5.41) is 4.05. The van der Waals surface area contributed by atoms with Crippen LogP contribution in [0.3, 0.4) is 0 Å². The number of para-hydroxylation sites is 1. The molecule has 0 aliphatic carbocycles. The minimum atomic E-state index is -0.375. The molecule has 5 rings (SSSR count). The third-order valence-corrected chi connectivity index (χ3v) is 6.93. The predicted octanol–water partition coefficient (Wildman–Crippen LogP) is 5.32. The molecule has 0 fully saturated rings. The Kier molecular flexibility index (Phi) is 7.10. The van der Waals surface area contributed by atoms with Gasteiger partial charge in [-0.3, -0.25) is 9.59 Å². The first kappa shape index (κ1) is 24.8. The van der Waals surface area contributed by atoms with Crippen LogP contribution in [0, 0.1) is 0 Å². The average molecular weight is 496 g/mol. The highest BCUT2D eigenvalue weighted by Gasteiger charge is 2.41. The summed E-state index contributed by atoms with van der Waals surface area (Å²) in [6, 6.07) is 25.9. The maximum atomic E-state index is 13.7. The Morgan fingerprint density at radius 1 is 0.973 bits per heavy atom. The fourth-order valence-electron chi connectivity index (χ4n) is 5.32. The fourth-order valence-corrected chi connectivity index (χ4v) is 5.32. The summed E-state index contributed by atoms with van der Waals surface area (Å²) >= 11 is 0. The van der Waals surface area contributed by atoms with Crippen molar-refractivity contribution < 1.29 is 14.3 Å². The highest BCUT2D eigenvalue weighted by atomic mass is 16.5. The Morgan fingerprint density at radius 2 is 1.68 bits per heavy atom. The second kappa shape index (κ2) is 10.6. The molecule has 6 nitrogen and oxygen atoms in total. The van der Waals surface area contributed by atoms with Gasteiger partial charge in [-0.1, -0.05) is 66.7 Å². The molecule has 0 bridgehead atoms. The zero-order valence-electron chi connectivity index (χ0n) is 21.6.